The average Bonchev–Trinajstić information content (AvgIpc) is 2.70. The van der Waals surface area contributed by atoms with Gasteiger partial charge in [0.15, 0.2) is 0 Å². The van der Waals surface area contributed by atoms with Crippen LogP contribution in [0.1, 0.15) is 120 Å². The van der Waals surface area contributed by atoms with Gasteiger partial charge in [-0.3, -0.25) is 9.78 Å². The van der Waals surface area contributed by atoms with Crippen molar-refractivity contribution in [2.24, 2.45) is 0 Å². The molecular formula is C24H42N2O. The third kappa shape index (κ3) is 14.4. The van der Waals surface area contributed by atoms with E-state index in [2.05, 4.69) is 17.2 Å². The molecule has 0 aromatic carbocycles. The van der Waals surface area contributed by atoms with Crippen molar-refractivity contribution >= 4 is 5.91 Å². The Labute approximate surface area is 167 Å². The Morgan fingerprint density at radius 1 is 0.741 bits per heavy atom. The summed E-state index contributed by atoms with van der Waals surface area (Å²) in [5, 5.41) is 2.95. The van der Waals surface area contributed by atoms with Crippen LogP contribution in [-0.4, -0.2) is 17.4 Å². The summed E-state index contributed by atoms with van der Waals surface area (Å²) in [6, 6.07) is 5.42. The van der Waals surface area contributed by atoms with Crippen molar-refractivity contribution < 1.29 is 4.79 Å². The fraction of sp³-hybridized carbons (Fsp3) is 0.750. The van der Waals surface area contributed by atoms with Gasteiger partial charge < -0.3 is 5.32 Å². The highest BCUT2D eigenvalue weighted by Gasteiger charge is 2.04. The lowest BCUT2D eigenvalue weighted by atomic mass is 10.0. The number of nitrogens with zero attached hydrogens (tertiary/aromatic N) is 1. The molecule has 27 heavy (non-hydrogen) atoms. The highest BCUT2D eigenvalue weighted by atomic mass is 16.1. The zero-order valence-electron chi connectivity index (χ0n) is 17.7. The van der Waals surface area contributed by atoms with E-state index in [1.807, 2.05) is 12.1 Å². The Hall–Kier alpha value is -1.38. The monoisotopic (exact) mass is 374 g/mol. The zero-order chi connectivity index (χ0) is 19.4. The summed E-state index contributed by atoms with van der Waals surface area (Å²) in [6.07, 6.45) is 23.6. The molecule has 0 bridgehead atoms. The first-order chi connectivity index (χ1) is 13.3. The lowest BCUT2D eigenvalue weighted by Gasteiger charge is -2.05. The maximum atomic E-state index is 11.8. The van der Waals surface area contributed by atoms with Crippen LogP contribution in [0.25, 0.3) is 0 Å². The van der Waals surface area contributed by atoms with Gasteiger partial charge in [-0.1, -0.05) is 109 Å². The van der Waals surface area contributed by atoms with E-state index in [0.717, 1.165) is 13.0 Å². The lowest BCUT2D eigenvalue weighted by molar-refractivity contribution is 0.0948. The molecule has 1 aromatic heterocycles. The maximum absolute atomic E-state index is 11.8. The number of pyridine rings is 1. The normalized spacial score (nSPS) is 10.9. The van der Waals surface area contributed by atoms with Crippen LogP contribution in [0.2, 0.25) is 0 Å². The van der Waals surface area contributed by atoms with Crippen LogP contribution >= 0.6 is 0 Å². The van der Waals surface area contributed by atoms with Crippen molar-refractivity contribution in [1.82, 2.24) is 10.3 Å². The van der Waals surface area contributed by atoms with Gasteiger partial charge in [0.05, 0.1) is 0 Å². The Morgan fingerprint density at radius 2 is 1.22 bits per heavy atom. The van der Waals surface area contributed by atoms with Crippen LogP contribution in [0.4, 0.5) is 0 Å². The minimum absolute atomic E-state index is 0.0587. The molecule has 154 valence electrons. The summed E-state index contributed by atoms with van der Waals surface area (Å²) in [5.74, 6) is -0.0587. The summed E-state index contributed by atoms with van der Waals surface area (Å²) in [4.78, 5) is 15.9. The number of aromatic nitrogens is 1. The Kier molecular flexibility index (Phi) is 15.8. The zero-order valence-corrected chi connectivity index (χ0v) is 17.7. The highest BCUT2D eigenvalue weighted by molar-refractivity contribution is 5.92. The van der Waals surface area contributed by atoms with Gasteiger partial charge in [0.2, 0.25) is 0 Å². The molecule has 3 heteroatoms. The third-order valence-corrected chi connectivity index (χ3v) is 5.21. The first-order valence-electron chi connectivity index (χ1n) is 11.5. The number of nitrogens with one attached hydrogen (secondary N) is 1. The summed E-state index contributed by atoms with van der Waals surface area (Å²) in [5.41, 5.74) is 0.508. The second-order valence-corrected chi connectivity index (χ2v) is 7.77. The topological polar surface area (TPSA) is 42.0 Å². The molecule has 1 rings (SSSR count). The number of hydrogen-bond acceptors (Lipinski definition) is 2. The first kappa shape index (κ1) is 23.7. The molecule has 0 radical (unpaired) electrons. The highest BCUT2D eigenvalue weighted by Crippen LogP contribution is 2.13. The van der Waals surface area contributed by atoms with E-state index in [4.69, 9.17) is 0 Å². The van der Waals surface area contributed by atoms with Crippen LogP contribution in [0.3, 0.4) is 0 Å². The smallest absolute Gasteiger partial charge is 0.269 e. The van der Waals surface area contributed by atoms with E-state index in [-0.39, 0.29) is 5.91 Å². The van der Waals surface area contributed by atoms with E-state index < -0.39 is 0 Å². The van der Waals surface area contributed by atoms with Crippen LogP contribution in [0.5, 0.6) is 0 Å². The summed E-state index contributed by atoms with van der Waals surface area (Å²) >= 11 is 0. The first-order valence-corrected chi connectivity index (χ1v) is 11.5. The van der Waals surface area contributed by atoms with Gasteiger partial charge >= 0.3 is 0 Å². The second-order valence-electron chi connectivity index (χ2n) is 7.77. The van der Waals surface area contributed by atoms with Gasteiger partial charge in [0.1, 0.15) is 5.69 Å². The molecule has 1 aromatic rings. The van der Waals surface area contributed by atoms with Crippen molar-refractivity contribution in [2.75, 3.05) is 6.54 Å². The molecule has 0 atom stereocenters. The number of hydrogen-bond donors (Lipinski definition) is 1. The van der Waals surface area contributed by atoms with Crippen molar-refractivity contribution in [1.29, 1.82) is 0 Å². The van der Waals surface area contributed by atoms with Gasteiger partial charge in [0.25, 0.3) is 5.91 Å². The van der Waals surface area contributed by atoms with Crippen LogP contribution in [0, 0.1) is 0 Å². The lowest BCUT2D eigenvalue weighted by Crippen LogP contribution is -2.25. The predicted molar refractivity (Wildman–Crippen MR) is 116 cm³/mol. The number of amides is 1. The SMILES string of the molecule is CCCCCCCCCCCCCCCCCCNC(=O)c1ccccn1. The Morgan fingerprint density at radius 3 is 1.67 bits per heavy atom. The Balaban J connectivity index is 1.75. The molecular weight excluding hydrogens is 332 g/mol. The molecule has 0 spiro atoms. The molecule has 3 nitrogen and oxygen atoms in total. The standard InChI is InChI=1S/C24H42N2O/c1-2-3-4-5-6-7-8-9-10-11-12-13-14-15-16-18-22-26-24(27)23-20-17-19-21-25-23/h17,19-21H,2-16,18,22H2,1H3,(H,26,27). The van der Waals surface area contributed by atoms with Gasteiger partial charge in [-0.15, -0.1) is 0 Å². The maximum Gasteiger partial charge on any atom is 0.269 e. The fourth-order valence-electron chi connectivity index (χ4n) is 3.46. The number of carbonyl (C=O) groups is 1. The van der Waals surface area contributed by atoms with Crippen molar-refractivity contribution in [3.8, 4) is 0 Å². The summed E-state index contributed by atoms with van der Waals surface area (Å²) < 4.78 is 0. The number of unbranched alkanes of at least 4 members (excludes halogenated alkanes) is 15. The molecule has 0 aliphatic heterocycles. The van der Waals surface area contributed by atoms with Crippen molar-refractivity contribution in [2.45, 2.75) is 110 Å². The van der Waals surface area contributed by atoms with Gasteiger partial charge in [0, 0.05) is 12.7 Å². The molecule has 1 amide bonds. The van der Waals surface area contributed by atoms with E-state index >= 15 is 0 Å². The average molecular weight is 375 g/mol. The number of rotatable bonds is 18. The molecule has 0 saturated carbocycles. The summed E-state index contributed by atoms with van der Waals surface area (Å²) in [7, 11) is 0. The second kappa shape index (κ2) is 18.0. The van der Waals surface area contributed by atoms with Crippen molar-refractivity contribution in [3.05, 3.63) is 30.1 Å². The van der Waals surface area contributed by atoms with E-state index in [1.165, 1.54) is 96.3 Å². The van der Waals surface area contributed by atoms with Gasteiger partial charge in [-0.2, -0.15) is 0 Å². The van der Waals surface area contributed by atoms with Gasteiger partial charge in [-0.05, 0) is 18.6 Å². The molecule has 1 N–H and O–H groups in total. The minimum atomic E-state index is -0.0587. The van der Waals surface area contributed by atoms with Crippen LogP contribution < -0.4 is 5.32 Å². The third-order valence-electron chi connectivity index (χ3n) is 5.21. The summed E-state index contributed by atoms with van der Waals surface area (Å²) in [6.45, 7) is 3.04. The molecule has 1 heterocycles. The van der Waals surface area contributed by atoms with Crippen LogP contribution in [0.15, 0.2) is 24.4 Å². The minimum Gasteiger partial charge on any atom is -0.351 e. The quantitative estimate of drug-likeness (QED) is 0.279. The molecule has 0 fully saturated rings. The van der Waals surface area contributed by atoms with E-state index in [0.29, 0.717) is 5.69 Å². The van der Waals surface area contributed by atoms with E-state index in [9.17, 15) is 4.79 Å². The predicted octanol–water partition coefficient (Wildman–Crippen LogP) is 7.07. The fourth-order valence-corrected chi connectivity index (χ4v) is 3.46. The number of carbonyl (C=O) groups excluding carboxylic acids is 1. The molecule has 0 aliphatic carbocycles. The molecule has 0 saturated heterocycles. The van der Waals surface area contributed by atoms with E-state index in [1.54, 1.807) is 12.3 Å². The largest absolute Gasteiger partial charge is 0.351 e. The molecule has 0 aliphatic rings. The Bertz CT molecular complexity index is 447. The molecule has 0 unspecified atom stereocenters. The van der Waals surface area contributed by atoms with Crippen molar-refractivity contribution in [3.63, 3.8) is 0 Å². The van der Waals surface area contributed by atoms with Gasteiger partial charge in [-0.25, -0.2) is 0 Å². The van der Waals surface area contributed by atoms with Crippen LogP contribution in [-0.2, 0) is 0 Å².